The van der Waals surface area contributed by atoms with Gasteiger partial charge in [0.05, 0.1) is 7.11 Å². The van der Waals surface area contributed by atoms with Gasteiger partial charge in [0.2, 0.25) is 0 Å². The molecule has 0 aliphatic carbocycles. The van der Waals surface area contributed by atoms with Crippen LogP contribution in [0.4, 0.5) is 0 Å². The Balaban J connectivity index is 4.18. The maximum atomic E-state index is 11.4. The molecule has 0 spiro atoms. The van der Waals surface area contributed by atoms with E-state index in [4.69, 9.17) is 9.16 Å². The highest BCUT2D eigenvalue weighted by Gasteiger charge is 2.26. The van der Waals surface area contributed by atoms with Crippen LogP contribution in [0, 0.1) is 0 Å². The molecule has 0 amide bonds. The first-order valence-corrected chi connectivity index (χ1v) is 8.57. The summed E-state index contributed by atoms with van der Waals surface area (Å²) in [6.07, 6.45) is 2.49. The van der Waals surface area contributed by atoms with Crippen LogP contribution in [-0.2, 0) is 14.0 Å². The molecule has 0 aliphatic rings. The maximum absolute atomic E-state index is 11.4. The van der Waals surface area contributed by atoms with Crippen LogP contribution in [0.15, 0.2) is 0 Å². The molecule has 0 heterocycles. The molecule has 4 heteroatoms. The molecule has 1 unspecified atom stereocenters. The summed E-state index contributed by atoms with van der Waals surface area (Å²) in [5, 5.41) is 0. The minimum Gasteiger partial charge on any atom is -0.467 e. The number of ether oxygens (including phenoxy) is 1. The van der Waals surface area contributed by atoms with Gasteiger partial charge in [-0.15, -0.1) is 0 Å². The highest BCUT2D eigenvalue weighted by atomic mass is 28.4. The smallest absolute Gasteiger partial charge is 0.333 e. The Kier molecular flexibility index (Phi) is 6.03. The van der Waals surface area contributed by atoms with Crippen LogP contribution in [0.2, 0.25) is 19.6 Å². The number of hydrogen-bond acceptors (Lipinski definition) is 3. The second kappa shape index (κ2) is 6.19. The van der Waals surface area contributed by atoms with E-state index >= 15 is 0 Å². The zero-order valence-corrected chi connectivity index (χ0v) is 10.9. The van der Waals surface area contributed by atoms with Crippen LogP contribution in [0.25, 0.3) is 0 Å². The van der Waals surface area contributed by atoms with Crippen LogP contribution < -0.4 is 0 Å². The third kappa shape index (κ3) is 6.15. The first-order chi connectivity index (χ1) is 6.40. The molecule has 0 saturated heterocycles. The number of carbonyl (C=O) groups excluding carboxylic acids is 1. The summed E-state index contributed by atoms with van der Waals surface area (Å²) < 4.78 is 10.5. The molecule has 0 rings (SSSR count). The quantitative estimate of drug-likeness (QED) is 0.508. The van der Waals surface area contributed by atoms with E-state index in [0.29, 0.717) is 0 Å². The Bertz CT molecular complexity index is 175. The average Bonchev–Trinajstić information content (AvgIpc) is 2.09. The molecular weight excluding hydrogens is 196 g/mol. The standard InChI is InChI=1S/C10H22O3Si/c1-6-7-8-9(10(11)12-2)13-14(3,4)5/h9H,6-8H2,1-5H3. The van der Waals surface area contributed by atoms with Crippen LogP contribution in [0.5, 0.6) is 0 Å². The van der Waals surface area contributed by atoms with E-state index in [1.807, 2.05) is 0 Å². The van der Waals surface area contributed by atoms with E-state index < -0.39 is 8.32 Å². The molecule has 0 aromatic heterocycles. The molecule has 0 saturated carbocycles. The Hall–Kier alpha value is -0.353. The molecule has 0 bridgehead atoms. The molecule has 0 radical (unpaired) electrons. The maximum Gasteiger partial charge on any atom is 0.333 e. The summed E-state index contributed by atoms with van der Waals surface area (Å²) >= 11 is 0. The highest BCUT2D eigenvalue weighted by Crippen LogP contribution is 2.13. The lowest BCUT2D eigenvalue weighted by atomic mass is 10.2. The third-order valence-electron chi connectivity index (χ3n) is 1.78. The highest BCUT2D eigenvalue weighted by molar-refractivity contribution is 6.69. The lowest BCUT2D eigenvalue weighted by Gasteiger charge is -2.24. The molecule has 84 valence electrons. The molecular formula is C10H22O3Si. The van der Waals surface area contributed by atoms with Gasteiger partial charge in [0, 0.05) is 0 Å². The van der Waals surface area contributed by atoms with Crippen LogP contribution in [-0.4, -0.2) is 27.5 Å². The zero-order chi connectivity index (χ0) is 11.2. The predicted octanol–water partition coefficient (Wildman–Crippen LogP) is 2.57. The van der Waals surface area contributed by atoms with Crippen molar-refractivity contribution in [2.45, 2.75) is 51.9 Å². The van der Waals surface area contributed by atoms with Gasteiger partial charge in [-0.05, 0) is 26.1 Å². The Morgan fingerprint density at radius 3 is 2.29 bits per heavy atom. The van der Waals surface area contributed by atoms with Crippen LogP contribution in [0.1, 0.15) is 26.2 Å². The van der Waals surface area contributed by atoms with E-state index in [1.165, 1.54) is 7.11 Å². The van der Waals surface area contributed by atoms with Crippen molar-refractivity contribution < 1.29 is 14.0 Å². The van der Waals surface area contributed by atoms with Gasteiger partial charge in [-0.3, -0.25) is 0 Å². The van der Waals surface area contributed by atoms with Crippen molar-refractivity contribution >= 4 is 14.3 Å². The fourth-order valence-electron chi connectivity index (χ4n) is 1.17. The molecule has 1 atom stereocenters. The third-order valence-corrected chi connectivity index (χ3v) is 2.77. The lowest BCUT2D eigenvalue weighted by molar-refractivity contribution is -0.149. The van der Waals surface area contributed by atoms with Crippen molar-refractivity contribution in [3.63, 3.8) is 0 Å². The van der Waals surface area contributed by atoms with E-state index in [1.54, 1.807) is 0 Å². The van der Waals surface area contributed by atoms with Gasteiger partial charge in [0.15, 0.2) is 8.32 Å². The first-order valence-electron chi connectivity index (χ1n) is 5.16. The molecule has 0 aliphatic heterocycles. The molecule has 0 N–H and O–H groups in total. The predicted molar refractivity (Wildman–Crippen MR) is 59.8 cm³/mol. The fourth-order valence-corrected chi connectivity index (χ4v) is 2.24. The normalized spacial score (nSPS) is 13.8. The SMILES string of the molecule is CCCCC(O[Si](C)(C)C)C(=O)OC. The van der Waals surface area contributed by atoms with Gasteiger partial charge in [-0.2, -0.15) is 0 Å². The van der Waals surface area contributed by atoms with Crippen LogP contribution in [0.3, 0.4) is 0 Å². The number of rotatable bonds is 6. The first kappa shape index (κ1) is 13.6. The van der Waals surface area contributed by atoms with Gasteiger partial charge in [0.1, 0.15) is 6.10 Å². The second-order valence-electron chi connectivity index (χ2n) is 4.38. The van der Waals surface area contributed by atoms with Crippen molar-refractivity contribution in [1.82, 2.24) is 0 Å². The summed E-state index contributed by atoms with van der Waals surface area (Å²) in [5.74, 6) is -0.235. The zero-order valence-electron chi connectivity index (χ0n) is 9.92. The molecule has 0 fully saturated rings. The summed E-state index contributed by atoms with van der Waals surface area (Å²) in [6, 6.07) is 0. The van der Waals surface area contributed by atoms with E-state index in [9.17, 15) is 4.79 Å². The number of hydrogen-bond donors (Lipinski definition) is 0. The number of carbonyl (C=O) groups is 1. The fraction of sp³-hybridized carbons (Fsp3) is 0.900. The van der Waals surface area contributed by atoms with Gasteiger partial charge in [-0.25, -0.2) is 4.79 Å². The number of esters is 1. The lowest BCUT2D eigenvalue weighted by Crippen LogP contribution is -2.37. The average molecular weight is 218 g/mol. The van der Waals surface area contributed by atoms with Crippen molar-refractivity contribution in [3.8, 4) is 0 Å². The minimum atomic E-state index is -1.65. The summed E-state index contributed by atoms with van der Waals surface area (Å²) in [7, 11) is -0.239. The van der Waals surface area contributed by atoms with E-state index in [2.05, 4.69) is 26.6 Å². The largest absolute Gasteiger partial charge is 0.467 e. The van der Waals surface area contributed by atoms with Gasteiger partial charge in [0.25, 0.3) is 0 Å². The monoisotopic (exact) mass is 218 g/mol. The van der Waals surface area contributed by atoms with E-state index in [-0.39, 0.29) is 12.1 Å². The minimum absolute atomic E-state index is 0.235. The summed E-state index contributed by atoms with van der Waals surface area (Å²) in [4.78, 5) is 11.4. The van der Waals surface area contributed by atoms with Crippen molar-refractivity contribution in [3.05, 3.63) is 0 Å². The molecule has 0 aromatic rings. The summed E-state index contributed by atoms with van der Waals surface area (Å²) in [5.41, 5.74) is 0. The van der Waals surface area contributed by atoms with Crippen molar-refractivity contribution in [2.75, 3.05) is 7.11 Å². The molecule has 3 nitrogen and oxygen atoms in total. The Morgan fingerprint density at radius 2 is 1.93 bits per heavy atom. The Morgan fingerprint density at radius 1 is 1.36 bits per heavy atom. The molecule has 14 heavy (non-hydrogen) atoms. The summed E-state index contributed by atoms with van der Waals surface area (Å²) in [6.45, 7) is 8.33. The van der Waals surface area contributed by atoms with Gasteiger partial charge in [-0.1, -0.05) is 19.8 Å². The van der Waals surface area contributed by atoms with Crippen LogP contribution >= 0.6 is 0 Å². The second-order valence-corrected chi connectivity index (χ2v) is 8.84. The topological polar surface area (TPSA) is 35.5 Å². The molecule has 0 aromatic carbocycles. The number of unbranched alkanes of at least 4 members (excludes halogenated alkanes) is 1. The van der Waals surface area contributed by atoms with Gasteiger partial charge < -0.3 is 9.16 Å². The van der Waals surface area contributed by atoms with E-state index in [0.717, 1.165) is 19.3 Å². The van der Waals surface area contributed by atoms with Crippen molar-refractivity contribution in [2.24, 2.45) is 0 Å². The number of methoxy groups -OCH3 is 1. The Labute approximate surface area is 87.9 Å². The van der Waals surface area contributed by atoms with Gasteiger partial charge >= 0.3 is 5.97 Å². The van der Waals surface area contributed by atoms with Crippen molar-refractivity contribution in [1.29, 1.82) is 0 Å².